The molecule has 0 aliphatic carbocycles. The maximum Gasteiger partial charge on any atom is 0.268 e. The molecule has 78 heavy (non-hydrogen) atoms. The van der Waals surface area contributed by atoms with E-state index in [1.54, 1.807) is 0 Å². The van der Waals surface area contributed by atoms with E-state index in [4.69, 9.17) is 9.05 Å². The van der Waals surface area contributed by atoms with Gasteiger partial charge in [-0.25, -0.2) is 0 Å². The maximum atomic E-state index is 13.0. The average molecular weight is 1110 g/mol. The SMILES string of the molecule is CC/C=C\C/C=C\C/C=C\C/C=C\C/C=C\C/C=C\C/C=C\CCCCCCCCCCCCCCCCCC(=O)NC(COP(=O)([O-])OCC[N+](C)(C)C)C(O)CCCCCCCCCCCCCCCCCCCCC. The Balaban J connectivity index is 4.03. The van der Waals surface area contributed by atoms with E-state index in [0.717, 1.165) is 83.5 Å². The van der Waals surface area contributed by atoms with Crippen LogP contribution in [0.4, 0.5) is 0 Å². The number of nitrogens with one attached hydrogen (secondary N) is 1. The van der Waals surface area contributed by atoms with Gasteiger partial charge in [0, 0.05) is 6.42 Å². The molecule has 0 aromatic heterocycles. The summed E-state index contributed by atoms with van der Waals surface area (Å²) in [6.07, 6.45) is 83.5. The van der Waals surface area contributed by atoms with Crippen LogP contribution in [0.25, 0.3) is 0 Å². The van der Waals surface area contributed by atoms with Crippen molar-refractivity contribution in [3.05, 3.63) is 85.1 Å². The minimum atomic E-state index is -4.58. The van der Waals surface area contributed by atoms with Gasteiger partial charge < -0.3 is 28.8 Å². The van der Waals surface area contributed by atoms with Crippen LogP contribution < -0.4 is 10.2 Å². The zero-order chi connectivity index (χ0) is 57.0. The van der Waals surface area contributed by atoms with Crippen molar-refractivity contribution in [2.45, 2.75) is 309 Å². The van der Waals surface area contributed by atoms with Gasteiger partial charge in [0.1, 0.15) is 13.2 Å². The summed E-state index contributed by atoms with van der Waals surface area (Å²) >= 11 is 0. The van der Waals surface area contributed by atoms with Crippen LogP contribution in [0, 0.1) is 0 Å². The monoisotopic (exact) mass is 1110 g/mol. The number of carbonyl (C=O) groups is 1. The van der Waals surface area contributed by atoms with Crippen molar-refractivity contribution in [1.29, 1.82) is 0 Å². The molecule has 8 nitrogen and oxygen atoms in total. The Hall–Kier alpha value is -2.32. The van der Waals surface area contributed by atoms with Crippen molar-refractivity contribution < 1.29 is 32.9 Å². The lowest BCUT2D eigenvalue weighted by Gasteiger charge is -2.30. The molecule has 0 bridgehead atoms. The molecule has 3 unspecified atom stereocenters. The summed E-state index contributed by atoms with van der Waals surface area (Å²) in [7, 11) is 1.31. The molecule has 0 aliphatic heterocycles. The van der Waals surface area contributed by atoms with Gasteiger partial charge in [-0.2, -0.15) is 0 Å². The fraction of sp³-hybridized carbons (Fsp3) is 0.783. The van der Waals surface area contributed by atoms with Crippen molar-refractivity contribution in [1.82, 2.24) is 5.32 Å². The van der Waals surface area contributed by atoms with E-state index in [1.165, 1.54) is 186 Å². The number of quaternary nitrogens is 1. The fourth-order valence-electron chi connectivity index (χ4n) is 9.55. The van der Waals surface area contributed by atoms with E-state index in [0.29, 0.717) is 23.9 Å². The first-order valence-electron chi connectivity index (χ1n) is 32.9. The molecule has 0 radical (unpaired) electrons. The lowest BCUT2D eigenvalue weighted by molar-refractivity contribution is -0.870. The predicted octanol–water partition coefficient (Wildman–Crippen LogP) is 20.1. The third-order valence-electron chi connectivity index (χ3n) is 14.6. The van der Waals surface area contributed by atoms with E-state index in [-0.39, 0.29) is 19.1 Å². The highest BCUT2D eigenvalue weighted by atomic mass is 31.2. The maximum absolute atomic E-state index is 13.0. The van der Waals surface area contributed by atoms with Gasteiger partial charge in [0.25, 0.3) is 7.82 Å². The molecule has 0 fully saturated rings. The number of unbranched alkanes of at least 4 members (excludes halogenated alkanes) is 33. The van der Waals surface area contributed by atoms with Crippen LogP contribution in [-0.4, -0.2) is 68.5 Å². The number of aliphatic hydroxyl groups excluding tert-OH is 1. The number of hydrogen-bond acceptors (Lipinski definition) is 6. The Morgan fingerprint density at radius 3 is 1.14 bits per heavy atom. The molecular weight excluding hydrogens is 984 g/mol. The molecule has 9 heteroatoms. The van der Waals surface area contributed by atoms with E-state index < -0.39 is 20.0 Å². The summed E-state index contributed by atoms with van der Waals surface area (Å²) in [5.41, 5.74) is 0. The second kappa shape index (κ2) is 59.3. The first-order chi connectivity index (χ1) is 38.0. The van der Waals surface area contributed by atoms with Crippen LogP contribution in [0.2, 0.25) is 0 Å². The topological polar surface area (TPSA) is 108 Å². The zero-order valence-corrected chi connectivity index (χ0v) is 52.7. The molecule has 454 valence electrons. The van der Waals surface area contributed by atoms with Crippen LogP contribution in [0.1, 0.15) is 296 Å². The number of phosphoric ester groups is 1. The first-order valence-corrected chi connectivity index (χ1v) is 34.4. The summed E-state index contributed by atoms with van der Waals surface area (Å²) in [5.74, 6) is -0.164. The molecule has 0 saturated heterocycles. The standard InChI is InChI=1S/C69H127N2O6P/c1-6-8-10-12-14-16-18-20-22-24-26-27-28-29-30-31-32-33-34-35-36-37-38-39-40-41-42-43-45-47-49-51-53-55-57-59-61-63-69(73)70-67(66-77-78(74,75)76-65-64-71(3,4)5)68(72)62-60-58-56-54-52-50-48-46-44-25-23-21-19-17-15-13-11-9-7-2/h8,10,14,16,20,22,26-27,29-30,32-33,35-36,67-68,72H,6-7,9,11-13,15,17-19,21,23-25,28,31,34,37-66H2,1-5H3,(H-,70,73,74,75)/b10-8-,16-14-,22-20-,27-26-,30-29-,33-32-,36-35-. The third-order valence-corrected chi connectivity index (χ3v) is 15.6. The predicted molar refractivity (Wildman–Crippen MR) is 339 cm³/mol. The van der Waals surface area contributed by atoms with Crippen LogP contribution in [0.15, 0.2) is 85.1 Å². The Labute approximate surface area is 484 Å². The molecule has 3 atom stereocenters. The van der Waals surface area contributed by atoms with Gasteiger partial charge in [-0.15, -0.1) is 0 Å². The summed E-state index contributed by atoms with van der Waals surface area (Å²) in [4.78, 5) is 25.6. The van der Waals surface area contributed by atoms with Crippen LogP contribution in [0.5, 0.6) is 0 Å². The van der Waals surface area contributed by atoms with Crippen molar-refractivity contribution in [3.8, 4) is 0 Å². The molecule has 0 rings (SSSR count). The van der Waals surface area contributed by atoms with E-state index >= 15 is 0 Å². The van der Waals surface area contributed by atoms with Gasteiger partial charge in [0.15, 0.2) is 0 Å². The Morgan fingerprint density at radius 2 is 0.782 bits per heavy atom. The minimum Gasteiger partial charge on any atom is -0.756 e. The fourth-order valence-corrected chi connectivity index (χ4v) is 10.3. The molecule has 0 aromatic carbocycles. The van der Waals surface area contributed by atoms with Gasteiger partial charge in [-0.3, -0.25) is 9.36 Å². The molecule has 0 aromatic rings. The highest BCUT2D eigenvalue weighted by Crippen LogP contribution is 2.38. The van der Waals surface area contributed by atoms with E-state index in [9.17, 15) is 19.4 Å². The summed E-state index contributed by atoms with van der Waals surface area (Å²) < 4.78 is 23.5. The van der Waals surface area contributed by atoms with Crippen LogP contribution >= 0.6 is 7.82 Å². The summed E-state index contributed by atoms with van der Waals surface area (Å²) in [6, 6.07) is -0.805. The number of amides is 1. The van der Waals surface area contributed by atoms with E-state index in [2.05, 4.69) is 104 Å². The van der Waals surface area contributed by atoms with Gasteiger partial charge in [-0.05, 0) is 70.6 Å². The average Bonchev–Trinajstić information content (AvgIpc) is 3.41. The number of aliphatic hydroxyl groups is 1. The normalized spacial score (nSPS) is 14.3. The third kappa shape index (κ3) is 61.3. The molecule has 0 saturated carbocycles. The zero-order valence-electron chi connectivity index (χ0n) is 51.9. The van der Waals surface area contributed by atoms with Crippen LogP contribution in [-0.2, 0) is 18.4 Å². The van der Waals surface area contributed by atoms with Crippen molar-refractivity contribution in [3.63, 3.8) is 0 Å². The molecule has 0 aliphatic rings. The number of hydrogen-bond donors (Lipinski definition) is 2. The van der Waals surface area contributed by atoms with E-state index in [1.807, 2.05) is 21.1 Å². The van der Waals surface area contributed by atoms with Gasteiger partial charge in [0.2, 0.25) is 5.91 Å². The lowest BCUT2D eigenvalue weighted by Crippen LogP contribution is -2.46. The van der Waals surface area contributed by atoms with Crippen molar-refractivity contribution in [2.75, 3.05) is 40.9 Å². The second-order valence-corrected chi connectivity index (χ2v) is 24.9. The minimum absolute atomic E-state index is 0.0108. The molecule has 0 heterocycles. The quantitative estimate of drug-likeness (QED) is 0.0272. The molecule has 2 N–H and O–H groups in total. The largest absolute Gasteiger partial charge is 0.756 e. The van der Waals surface area contributed by atoms with Gasteiger partial charge >= 0.3 is 0 Å². The van der Waals surface area contributed by atoms with Crippen molar-refractivity contribution in [2.24, 2.45) is 0 Å². The smallest absolute Gasteiger partial charge is 0.268 e. The lowest BCUT2D eigenvalue weighted by atomic mass is 10.0. The number of likely N-dealkylation sites (N-methyl/N-ethyl adjacent to an activating group) is 1. The summed E-state index contributed by atoms with van der Waals surface area (Å²) in [6.45, 7) is 4.63. The van der Waals surface area contributed by atoms with Gasteiger partial charge in [0.05, 0.1) is 39.9 Å². The number of rotatable bonds is 60. The number of phosphoric acid groups is 1. The number of carbonyl (C=O) groups excluding carboxylic acids is 1. The molecule has 1 amide bonds. The van der Waals surface area contributed by atoms with Crippen LogP contribution in [0.3, 0.4) is 0 Å². The van der Waals surface area contributed by atoms with Gasteiger partial charge in [-0.1, -0.05) is 304 Å². The molecular formula is C69H127N2O6P. The Kier molecular flexibility index (Phi) is 57.5. The van der Waals surface area contributed by atoms with Crippen molar-refractivity contribution >= 4 is 13.7 Å². The first kappa shape index (κ1) is 75.7. The Morgan fingerprint density at radius 1 is 0.462 bits per heavy atom. The summed E-state index contributed by atoms with van der Waals surface area (Å²) in [5, 5.41) is 14.1. The highest BCUT2D eigenvalue weighted by Gasteiger charge is 2.24. The second-order valence-electron chi connectivity index (χ2n) is 23.4. The highest BCUT2D eigenvalue weighted by molar-refractivity contribution is 7.45. The number of nitrogens with zero attached hydrogens (tertiary/aromatic N) is 1. The molecule has 0 spiro atoms. The Bertz CT molecular complexity index is 1550. The number of allylic oxidation sites excluding steroid dienone is 14.